The van der Waals surface area contributed by atoms with Gasteiger partial charge in [0.05, 0.1) is 0 Å². The van der Waals surface area contributed by atoms with Gasteiger partial charge >= 0.3 is 0 Å². The highest BCUT2D eigenvalue weighted by Gasteiger charge is 2.46. The van der Waals surface area contributed by atoms with Crippen molar-refractivity contribution in [2.24, 2.45) is 0 Å². The number of benzene rings is 3. The Hall–Kier alpha value is -3.00. The molecule has 2 unspecified atom stereocenters. The zero-order chi connectivity index (χ0) is 15.4. The quantitative estimate of drug-likeness (QED) is 0.310. The minimum atomic E-state index is 0.148. The summed E-state index contributed by atoms with van der Waals surface area (Å²) in [7, 11) is 0. The molecule has 0 aromatic heterocycles. The van der Waals surface area contributed by atoms with E-state index < -0.39 is 0 Å². The number of ether oxygens (including phenoxy) is 2. The second kappa shape index (κ2) is 3.57. The lowest BCUT2D eigenvalue weighted by atomic mass is 9.78. The summed E-state index contributed by atoms with van der Waals surface area (Å²) >= 11 is 0. The van der Waals surface area contributed by atoms with Crippen LogP contribution in [0.25, 0.3) is 21.5 Å². The fourth-order valence-electron chi connectivity index (χ4n) is 4.45. The smallest absolute Gasteiger partial charge is 0.181 e. The Balaban J connectivity index is 1.62. The molecule has 3 aromatic carbocycles. The lowest BCUT2D eigenvalue weighted by Gasteiger charge is -2.22. The zero-order valence-electron chi connectivity index (χ0n) is 12.7. The van der Waals surface area contributed by atoms with E-state index in [1.54, 1.807) is 0 Å². The lowest BCUT2D eigenvalue weighted by Crippen LogP contribution is -2.08. The van der Waals surface area contributed by atoms with Crippen LogP contribution in [0, 0.1) is 0 Å². The number of hydrogen-bond donors (Lipinski definition) is 0. The third kappa shape index (κ3) is 1.22. The van der Waals surface area contributed by atoms with E-state index in [2.05, 4.69) is 60.7 Å². The molecule has 24 heavy (non-hydrogen) atoms. The number of fused-ring (bicyclic) bond motifs is 11. The summed E-state index contributed by atoms with van der Waals surface area (Å²) in [6.07, 6.45) is 8.84. The third-order valence-corrected chi connectivity index (χ3v) is 5.65. The molecule has 0 amide bonds. The van der Waals surface area contributed by atoms with Crippen LogP contribution in [0.2, 0.25) is 0 Å². The largest absolute Gasteiger partial charge is 0.477 e. The number of rotatable bonds is 0. The average Bonchev–Trinajstić information content (AvgIpc) is 3.54. The van der Waals surface area contributed by atoms with Gasteiger partial charge in [-0.2, -0.15) is 0 Å². The van der Waals surface area contributed by atoms with Crippen LogP contribution >= 0.6 is 0 Å². The van der Waals surface area contributed by atoms with E-state index in [9.17, 15) is 0 Å². The molecule has 2 nitrogen and oxygen atoms in total. The Morgan fingerprint density at radius 2 is 1.62 bits per heavy atom. The van der Waals surface area contributed by atoms with Crippen molar-refractivity contribution in [2.75, 3.05) is 0 Å². The van der Waals surface area contributed by atoms with Crippen molar-refractivity contribution in [1.29, 1.82) is 0 Å². The van der Waals surface area contributed by atoms with Crippen molar-refractivity contribution in [3.63, 3.8) is 0 Å². The summed E-state index contributed by atoms with van der Waals surface area (Å²) in [5.41, 5.74) is 3.99. The van der Waals surface area contributed by atoms with Gasteiger partial charge in [0.25, 0.3) is 0 Å². The van der Waals surface area contributed by atoms with E-state index in [0.717, 1.165) is 17.3 Å². The molecule has 112 valence electrons. The number of allylic oxidation sites excluding steroid dienone is 5. The Morgan fingerprint density at radius 1 is 0.792 bits per heavy atom. The summed E-state index contributed by atoms with van der Waals surface area (Å²) < 4.78 is 11.8. The molecule has 3 aromatic rings. The van der Waals surface area contributed by atoms with Gasteiger partial charge in [-0.3, -0.25) is 0 Å². The van der Waals surface area contributed by atoms with Crippen LogP contribution in [-0.4, -0.2) is 0 Å². The first-order valence-electron chi connectivity index (χ1n) is 8.36. The molecule has 4 aliphatic rings. The molecule has 2 heterocycles. The molecule has 2 heteroatoms. The normalized spacial score (nSPS) is 24.0. The molecule has 7 rings (SSSR count). The fraction of sp³-hybridized carbons (Fsp3) is 0.0909. The first kappa shape index (κ1) is 11.5. The SMILES string of the molecule is C1=CC2=C3OC3c3cc4c(cc3C2C=C1)c1c(c2ccccc24)O1. The van der Waals surface area contributed by atoms with E-state index in [1.165, 1.54) is 38.2 Å². The Bertz CT molecular complexity index is 1210. The highest BCUT2D eigenvalue weighted by Crippen LogP contribution is 2.60. The van der Waals surface area contributed by atoms with Crippen molar-refractivity contribution in [3.8, 4) is 11.5 Å². The summed E-state index contributed by atoms with van der Waals surface area (Å²) in [4.78, 5) is 0. The van der Waals surface area contributed by atoms with Gasteiger partial charge in [0.1, 0.15) is 5.76 Å². The van der Waals surface area contributed by atoms with Crippen LogP contribution in [0.5, 0.6) is 11.5 Å². The third-order valence-electron chi connectivity index (χ3n) is 5.65. The van der Waals surface area contributed by atoms with E-state index in [1.807, 2.05) is 0 Å². The molecule has 0 N–H and O–H groups in total. The van der Waals surface area contributed by atoms with Gasteiger partial charge in [-0.1, -0.05) is 48.6 Å². The van der Waals surface area contributed by atoms with Crippen LogP contribution in [0.4, 0.5) is 0 Å². The second-order valence-corrected chi connectivity index (χ2v) is 6.87. The van der Waals surface area contributed by atoms with Gasteiger partial charge in [-0.15, -0.1) is 0 Å². The summed E-state index contributed by atoms with van der Waals surface area (Å²) in [6, 6.07) is 13.2. The highest BCUT2D eigenvalue weighted by molar-refractivity contribution is 6.17. The predicted molar refractivity (Wildman–Crippen MR) is 93.4 cm³/mol. The minimum absolute atomic E-state index is 0.148. The maximum absolute atomic E-state index is 5.94. The number of hydrogen-bond acceptors (Lipinski definition) is 2. The molecule has 2 aliphatic heterocycles. The predicted octanol–water partition coefficient (Wildman–Crippen LogP) is 5.65. The van der Waals surface area contributed by atoms with Gasteiger partial charge < -0.3 is 9.47 Å². The Morgan fingerprint density at radius 3 is 2.58 bits per heavy atom. The van der Waals surface area contributed by atoms with Gasteiger partial charge in [0.15, 0.2) is 17.6 Å². The molecule has 2 atom stereocenters. The molecular weight excluding hydrogens is 296 g/mol. The topological polar surface area (TPSA) is 25.1 Å². The molecule has 0 saturated carbocycles. The van der Waals surface area contributed by atoms with Crippen molar-refractivity contribution in [1.82, 2.24) is 0 Å². The van der Waals surface area contributed by atoms with Crippen LogP contribution < -0.4 is 4.74 Å². The molecule has 1 fully saturated rings. The second-order valence-electron chi connectivity index (χ2n) is 6.87. The van der Waals surface area contributed by atoms with E-state index in [0.29, 0.717) is 5.92 Å². The maximum Gasteiger partial charge on any atom is 0.181 e. The molecule has 2 aliphatic carbocycles. The highest BCUT2D eigenvalue weighted by atomic mass is 16.6. The molecule has 0 spiro atoms. The summed E-state index contributed by atoms with van der Waals surface area (Å²) in [5.74, 6) is 3.56. The van der Waals surface area contributed by atoms with Crippen LogP contribution in [0.15, 0.2) is 72.0 Å². The van der Waals surface area contributed by atoms with Crippen molar-refractivity contribution >= 4 is 21.5 Å². The monoisotopic (exact) mass is 308 g/mol. The van der Waals surface area contributed by atoms with Crippen LogP contribution in [0.3, 0.4) is 0 Å². The van der Waals surface area contributed by atoms with E-state index >= 15 is 0 Å². The van der Waals surface area contributed by atoms with E-state index in [4.69, 9.17) is 9.47 Å². The molecule has 0 bridgehead atoms. The lowest BCUT2D eigenvalue weighted by molar-refractivity contribution is 0.437. The van der Waals surface area contributed by atoms with Crippen molar-refractivity contribution in [3.05, 3.63) is 83.2 Å². The maximum atomic E-state index is 5.94. The molecule has 1 saturated heterocycles. The Kier molecular flexibility index (Phi) is 1.71. The summed E-state index contributed by atoms with van der Waals surface area (Å²) in [5, 5.41) is 4.98. The van der Waals surface area contributed by atoms with Crippen molar-refractivity contribution in [2.45, 2.75) is 12.0 Å². The van der Waals surface area contributed by atoms with Gasteiger partial charge in [0.2, 0.25) is 0 Å². The molecule has 0 radical (unpaired) electrons. The van der Waals surface area contributed by atoms with Gasteiger partial charge in [-0.05, 0) is 28.5 Å². The van der Waals surface area contributed by atoms with Gasteiger partial charge in [0, 0.05) is 27.8 Å². The first-order valence-corrected chi connectivity index (χ1v) is 8.36. The van der Waals surface area contributed by atoms with Crippen LogP contribution in [0.1, 0.15) is 23.1 Å². The standard InChI is InChI=1S/C22H12O2/c1-3-7-13-11(5-1)15-9-18-16(10-17(15)21-19(13)23-21)12-6-2-4-8-14(12)20-22(18)24-20/h1-11,21H. The van der Waals surface area contributed by atoms with Gasteiger partial charge in [-0.25, -0.2) is 0 Å². The van der Waals surface area contributed by atoms with Crippen molar-refractivity contribution < 1.29 is 9.47 Å². The zero-order valence-corrected chi connectivity index (χ0v) is 12.7. The Labute approximate surface area is 138 Å². The average molecular weight is 308 g/mol. The van der Waals surface area contributed by atoms with Crippen LogP contribution in [-0.2, 0) is 4.74 Å². The number of epoxide rings is 1. The first-order chi connectivity index (χ1) is 11.9. The molecular formula is C22H12O2. The van der Waals surface area contributed by atoms with E-state index in [-0.39, 0.29) is 6.10 Å². The minimum Gasteiger partial charge on any atom is -0.477 e. The summed E-state index contributed by atoms with van der Waals surface area (Å²) in [6.45, 7) is 0. The fourth-order valence-corrected chi connectivity index (χ4v) is 4.45.